The van der Waals surface area contributed by atoms with E-state index in [0.29, 0.717) is 23.8 Å². The molecule has 0 spiro atoms. The predicted molar refractivity (Wildman–Crippen MR) is 125 cm³/mol. The lowest BCUT2D eigenvalue weighted by atomic mass is 9.93. The van der Waals surface area contributed by atoms with Gasteiger partial charge in [-0.25, -0.2) is 0 Å². The SMILES string of the molecule is CCOc1ccc(C(O)=C2C(=O)C(=O)N(CCOCCO)C2c2ccc(C(C)C)cc2)cc1. The van der Waals surface area contributed by atoms with E-state index in [-0.39, 0.29) is 37.7 Å². The van der Waals surface area contributed by atoms with E-state index in [2.05, 4.69) is 13.8 Å². The second-order valence-electron chi connectivity index (χ2n) is 8.11. The van der Waals surface area contributed by atoms with Gasteiger partial charge in [-0.05, 0) is 48.2 Å². The zero-order valence-corrected chi connectivity index (χ0v) is 19.3. The molecule has 1 aliphatic heterocycles. The van der Waals surface area contributed by atoms with E-state index in [9.17, 15) is 14.7 Å². The van der Waals surface area contributed by atoms with E-state index in [4.69, 9.17) is 14.6 Å². The minimum absolute atomic E-state index is 0.0450. The maximum atomic E-state index is 13.0. The summed E-state index contributed by atoms with van der Waals surface area (Å²) in [7, 11) is 0. The lowest BCUT2D eigenvalue weighted by Crippen LogP contribution is -2.33. The Bertz CT molecular complexity index is 994. The number of nitrogens with zero attached hydrogens (tertiary/aromatic N) is 1. The van der Waals surface area contributed by atoms with E-state index in [1.165, 1.54) is 4.90 Å². The Balaban J connectivity index is 2.03. The summed E-state index contributed by atoms with van der Waals surface area (Å²) < 4.78 is 10.8. The molecule has 3 rings (SSSR count). The Kier molecular flexibility index (Phi) is 8.25. The van der Waals surface area contributed by atoms with Crippen LogP contribution in [0.5, 0.6) is 5.75 Å². The molecule has 7 nitrogen and oxygen atoms in total. The molecule has 7 heteroatoms. The minimum atomic E-state index is -0.740. The summed E-state index contributed by atoms with van der Waals surface area (Å²) in [5.74, 6) is -0.667. The molecule has 0 bridgehead atoms. The number of carbonyl (C=O) groups excluding carboxylic acids is 2. The number of hydrogen-bond acceptors (Lipinski definition) is 6. The van der Waals surface area contributed by atoms with E-state index in [0.717, 1.165) is 11.1 Å². The lowest BCUT2D eigenvalue weighted by Gasteiger charge is -2.25. The van der Waals surface area contributed by atoms with Crippen LogP contribution in [-0.2, 0) is 14.3 Å². The van der Waals surface area contributed by atoms with Gasteiger partial charge in [0.25, 0.3) is 11.7 Å². The lowest BCUT2D eigenvalue weighted by molar-refractivity contribution is -0.140. The molecular formula is C26H31NO6. The van der Waals surface area contributed by atoms with Crippen LogP contribution in [0, 0.1) is 0 Å². The molecule has 1 aliphatic rings. The van der Waals surface area contributed by atoms with Gasteiger partial charge in [-0.1, -0.05) is 38.1 Å². The van der Waals surface area contributed by atoms with Gasteiger partial charge in [-0.3, -0.25) is 9.59 Å². The number of aliphatic hydroxyl groups excluding tert-OH is 2. The normalized spacial score (nSPS) is 17.7. The number of benzene rings is 2. The van der Waals surface area contributed by atoms with Crippen LogP contribution in [0.15, 0.2) is 54.1 Å². The molecule has 1 unspecified atom stereocenters. The van der Waals surface area contributed by atoms with Crippen LogP contribution in [0.1, 0.15) is 49.4 Å². The van der Waals surface area contributed by atoms with E-state index in [1.807, 2.05) is 31.2 Å². The molecule has 1 heterocycles. The fraction of sp³-hybridized carbons (Fsp3) is 0.385. The maximum Gasteiger partial charge on any atom is 0.295 e. The summed E-state index contributed by atoms with van der Waals surface area (Å²) in [6.45, 7) is 6.90. The van der Waals surface area contributed by atoms with Gasteiger partial charge in [-0.2, -0.15) is 0 Å². The molecule has 1 saturated heterocycles. The molecule has 0 aliphatic carbocycles. The van der Waals surface area contributed by atoms with Crippen molar-refractivity contribution in [3.05, 3.63) is 70.8 Å². The number of ether oxygens (including phenoxy) is 2. The molecule has 33 heavy (non-hydrogen) atoms. The Morgan fingerprint density at radius 2 is 1.70 bits per heavy atom. The van der Waals surface area contributed by atoms with Crippen molar-refractivity contribution in [3.63, 3.8) is 0 Å². The van der Waals surface area contributed by atoms with Crippen molar-refractivity contribution in [2.75, 3.05) is 33.0 Å². The first-order chi connectivity index (χ1) is 15.9. The molecule has 2 aromatic carbocycles. The van der Waals surface area contributed by atoms with Crippen LogP contribution >= 0.6 is 0 Å². The number of Topliss-reactive ketones (excluding diaryl/α,β-unsaturated/α-hetero) is 1. The Hall–Kier alpha value is -3.16. The van der Waals surface area contributed by atoms with Crippen LogP contribution in [0.3, 0.4) is 0 Å². The highest BCUT2D eigenvalue weighted by Crippen LogP contribution is 2.39. The van der Waals surface area contributed by atoms with E-state index in [1.54, 1.807) is 24.3 Å². The number of carbonyl (C=O) groups is 2. The van der Waals surface area contributed by atoms with Crippen molar-refractivity contribution in [2.24, 2.45) is 0 Å². The molecule has 1 amide bonds. The Morgan fingerprint density at radius 3 is 2.27 bits per heavy atom. The molecule has 0 radical (unpaired) electrons. The van der Waals surface area contributed by atoms with Gasteiger partial charge in [0, 0.05) is 12.1 Å². The van der Waals surface area contributed by atoms with Crippen LogP contribution < -0.4 is 4.74 Å². The van der Waals surface area contributed by atoms with Crippen molar-refractivity contribution in [3.8, 4) is 5.75 Å². The molecule has 2 N–H and O–H groups in total. The van der Waals surface area contributed by atoms with Crippen molar-refractivity contribution < 1.29 is 29.3 Å². The second kappa shape index (κ2) is 11.1. The highest BCUT2D eigenvalue weighted by molar-refractivity contribution is 6.46. The summed E-state index contributed by atoms with van der Waals surface area (Å²) in [6, 6.07) is 13.7. The first-order valence-electron chi connectivity index (χ1n) is 11.2. The monoisotopic (exact) mass is 453 g/mol. The highest BCUT2D eigenvalue weighted by Gasteiger charge is 2.45. The van der Waals surface area contributed by atoms with Crippen molar-refractivity contribution in [2.45, 2.75) is 32.7 Å². The average Bonchev–Trinajstić information content (AvgIpc) is 3.07. The summed E-state index contributed by atoms with van der Waals surface area (Å²) in [6.07, 6.45) is 0. The maximum absolute atomic E-state index is 13.0. The number of amides is 1. The third kappa shape index (κ3) is 5.43. The molecule has 176 valence electrons. The van der Waals surface area contributed by atoms with Crippen LogP contribution in [-0.4, -0.2) is 59.8 Å². The number of hydrogen-bond donors (Lipinski definition) is 2. The topological polar surface area (TPSA) is 96.3 Å². The van der Waals surface area contributed by atoms with Crippen molar-refractivity contribution in [1.29, 1.82) is 0 Å². The smallest absolute Gasteiger partial charge is 0.295 e. The van der Waals surface area contributed by atoms with Crippen molar-refractivity contribution in [1.82, 2.24) is 4.90 Å². The average molecular weight is 454 g/mol. The molecule has 0 aromatic heterocycles. The third-order valence-corrected chi connectivity index (χ3v) is 5.61. The van der Waals surface area contributed by atoms with Crippen molar-refractivity contribution >= 4 is 17.4 Å². The predicted octanol–water partition coefficient (Wildman–Crippen LogP) is 3.64. The fourth-order valence-electron chi connectivity index (χ4n) is 3.88. The summed E-state index contributed by atoms with van der Waals surface area (Å²) in [5, 5.41) is 20.0. The highest BCUT2D eigenvalue weighted by atomic mass is 16.5. The zero-order valence-electron chi connectivity index (χ0n) is 19.3. The van der Waals surface area contributed by atoms with Gasteiger partial charge in [0.1, 0.15) is 11.5 Å². The Labute approximate surface area is 194 Å². The molecule has 2 aromatic rings. The number of rotatable bonds is 10. The zero-order chi connectivity index (χ0) is 24.0. The Morgan fingerprint density at radius 1 is 1.03 bits per heavy atom. The second-order valence-corrected chi connectivity index (χ2v) is 8.11. The minimum Gasteiger partial charge on any atom is -0.507 e. The molecular weight excluding hydrogens is 422 g/mol. The summed E-state index contributed by atoms with van der Waals surface area (Å²) in [5.41, 5.74) is 2.34. The van der Waals surface area contributed by atoms with E-state index < -0.39 is 17.7 Å². The van der Waals surface area contributed by atoms with Gasteiger partial charge in [-0.15, -0.1) is 0 Å². The fourth-order valence-corrected chi connectivity index (χ4v) is 3.88. The van der Waals surface area contributed by atoms with Gasteiger partial charge in [0.05, 0.1) is 38.0 Å². The van der Waals surface area contributed by atoms with Crippen LogP contribution in [0.2, 0.25) is 0 Å². The quantitative estimate of drug-likeness (QED) is 0.247. The van der Waals surface area contributed by atoms with Gasteiger partial charge >= 0.3 is 0 Å². The molecule has 0 saturated carbocycles. The van der Waals surface area contributed by atoms with Crippen LogP contribution in [0.4, 0.5) is 0 Å². The van der Waals surface area contributed by atoms with Gasteiger partial charge in [0.15, 0.2) is 0 Å². The number of ketones is 1. The molecule has 1 fully saturated rings. The van der Waals surface area contributed by atoms with E-state index >= 15 is 0 Å². The number of likely N-dealkylation sites (tertiary alicyclic amines) is 1. The first-order valence-corrected chi connectivity index (χ1v) is 11.2. The standard InChI is InChI=1S/C26H31NO6/c1-4-33-21-11-9-20(10-12-21)24(29)22-23(19-7-5-18(6-8-19)17(2)3)27(26(31)25(22)30)13-15-32-16-14-28/h5-12,17,23,28-29H,4,13-16H2,1-3H3. The van der Waals surface area contributed by atoms with Gasteiger partial charge < -0.3 is 24.6 Å². The largest absolute Gasteiger partial charge is 0.507 e. The summed E-state index contributed by atoms with van der Waals surface area (Å²) in [4.78, 5) is 27.4. The number of aliphatic hydroxyl groups is 2. The summed E-state index contributed by atoms with van der Waals surface area (Å²) >= 11 is 0. The molecule has 1 atom stereocenters. The third-order valence-electron chi connectivity index (χ3n) is 5.61. The van der Waals surface area contributed by atoms with Gasteiger partial charge in [0.2, 0.25) is 0 Å². The first kappa shape index (κ1) is 24.5. The van der Waals surface area contributed by atoms with Crippen LogP contribution in [0.25, 0.3) is 5.76 Å².